The van der Waals surface area contributed by atoms with E-state index < -0.39 is 0 Å². The molecule has 0 aliphatic carbocycles. The van der Waals surface area contributed by atoms with Crippen LogP contribution in [-0.4, -0.2) is 0 Å². The van der Waals surface area contributed by atoms with E-state index in [0.29, 0.717) is 0 Å². The maximum absolute atomic E-state index is 2.22. The monoisotopic (exact) mass is 210 g/mol. The lowest BCUT2D eigenvalue weighted by molar-refractivity contribution is 1.14. The van der Waals surface area contributed by atoms with E-state index in [4.69, 9.17) is 0 Å². The van der Waals surface area contributed by atoms with Gasteiger partial charge in [0.25, 0.3) is 0 Å². The number of aryl methyl sites for hydroxylation is 2. The van der Waals surface area contributed by atoms with E-state index in [9.17, 15) is 0 Å². The summed E-state index contributed by atoms with van der Waals surface area (Å²) in [4.78, 5) is 0. The molecular formula is C16H18. The molecule has 0 bridgehead atoms. The minimum atomic E-state index is 1.10. The predicted octanol–water partition coefficient (Wildman–Crippen LogP) is 4.53. The van der Waals surface area contributed by atoms with Crippen LogP contribution in [0.3, 0.4) is 0 Å². The Hall–Kier alpha value is -1.56. The third-order valence-corrected chi connectivity index (χ3v) is 3.28. The van der Waals surface area contributed by atoms with Crippen LogP contribution in [0.4, 0.5) is 0 Å². The summed E-state index contributed by atoms with van der Waals surface area (Å²) in [7, 11) is 0. The lowest BCUT2D eigenvalue weighted by Crippen LogP contribution is -1.87. The summed E-state index contributed by atoms with van der Waals surface area (Å²) >= 11 is 0. The summed E-state index contributed by atoms with van der Waals surface area (Å²) in [5, 5.41) is 0. The maximum Gasteiger partial charge on any atom is -0.0152 e. The molecule has 16 heavy (non-hydrogen) atoms. The van der Waals surface area contributed by atoms with Gasteiger partial charge in [0.2, 0.25) is 0 Å². The van der Waals surface area contributed by atoms with Gasteiger partial charge in [-0.2, -0.15) is 0 Å². The molecule has 0 aliphatic rings. The summed E-state index contributed by atoms with van der Waals surface area (Å²) in [6.07, 6.45) is 1.10. The van der Waals surface area contributed by atoms with Crippen LogP contribution in [0, 0.1) is 13.8 Å². The first kappa shape index (κ1) is 10.9. The van der Waals surface area contributed by atoms with Gasteiger partial charge in [-0.1, -0.05) is 49.4 Å². The van der Waals surface area contributed by atoms with E-state index in [-0.39, 0.29) is 0 Å². The fourth-order valence-electron chi connectivity index (χ4n) is 1.98. The lowest BCUT2D eigenvalue weighted by atomic mass is 9.96. The number of rotatable bonds is 2. The Balaban J connectivity index is 2.46. The molecule has 0 fully saturated rings. The molecule has 0 saturated carbocycles. The second-order valence-corrected chi connectivity index (χ2v) is 4.30. The van der Waals surface area contributed by atoms with Gasteiger partial charge < -0.3 is 0 Å². The second-order valence-electron chi connectivity index (χ2n) is 4.30. The van der Waals surface area contributed by atoms with Crippen LogP contribution in [0.5, 0.6) is 0 Å². The van der Waals surface area contributed by atoms with Crippen LogP contribution in [0.15, 0.2) is 42.5 Å². The van der Waals surface area contributed by atoms with E-state index in [0.717, 1.165) is 6.42 Å². The van der Waals surface area contributed by atoms with Gasteiger partial charge in [0.15, 0.2) is 0 Å². The molecule has 2 aromatic carbocycles. The van der Waals surface area contributed by atoms with Crippen molar-refractivity contribution in [2.24, 2.45) is 0 Å². The molecule has 0 radical (unpaired) electrons. The minimum absolute atomic E-state index is 1.10. The lowest BCUT2D eigenvalue weighted by Gasteiger charge is -2.09. The normalized spacial score (nSPS) is 10.4. The summed E-state index contributed by atoms with van der Waals surface area (Å²) < 4.78 is 0. The van der Waals surface area contributed by atoms with Gasteiger partial charge in [0.1, 0.15) is 0 Å². The molecule has 0 atom stereocenters. The zero-order valence-electron chi connectivity index (χ0n) is 10.2. The van der Waals surface area contributed by atoms with E-state index in [2.05, 4.69) is 63.2 Å². The van der Waals surface area contributed by atoms with E-state index >= 15 is 0 Å². The Morgan fingerprint density at radius 1 is 0.875 bits per heavy atom. The van der Waals surface area contributed by atoms with Crippen molar-refractivity contribution in [2.45, 2.75) is 27.2 Å². The predicted molar refractivity (Wildman–Crippen MR) is 70.7 cm³/mol. The van der Waals surface area contributed by atoms with E-state index in [1.54, 1.807) is 0 Å². The molecular weight excluding hydrogens is 192 g/mol. The smallest absolute Gasteiger partial charge is 0.0152 e. The SMILES string of the molecule is CCc1ccc(-c2cccc(C)c2C)cc1. The van der Waals surface area contributed by atoms with Crippen LogP contribution in [0.2, 0.25) is 0 Å². The van der Waals surface area contributed by atoms with Crippen molar-refractivity contribution in [3.05, 3.63) is 59.2 Å². The highest BCUT2D eigenvalue weighted by atomic mass is 14.1. The first-order valence-electron chi connectivity index (χ1n) is 5.88. The van der Waals surface area contributed by atoms with Crippen molar-refractivity contribution in [1.82, 2.24) is 0 Å². The number of benzene rings is 2. The van der Waals surface area contributed by atoms with Gasteiger partial charge >= 0.3 is 0 Å². The Labute approximate surface area is 97.9 Å². The van der Waals surface area contributed by atoms with Crippen molar-refractivity contribution in [2.75, 3.05) is 0 Å². The Morgan fingerprint density at radius 3 is 2.19 bits per heavy atom. The molecule has 0 heterocycles. The molecule has 0 amide bonds. The van der Waals surface area contributed by atoms with Crippen molar-refractivity contribution in [3.63, 3.8) is 0 Å². The molecule has 2 rings (SSSR count). The first-order chi connectivity index (χ1) is 7.72. The maximum atomic E-state index is 2.22. The summed E-state index contributed by atoms with van der Waals surface area (Å²) in [5.74, 6) is 0. The molecule has 0 spiro atoms. The van der Waals surface area contributed by atoms with Gasteiger partial charge in [-0.05, 0) is 48.1 Å². The zero-order valence-corrected chi connectivity index (χ0v) is 10.2. The Bertz CT molecular complexity index is 478. The Morgan fingerprint density at radius 2 is 1.56 bits per heavy atom. The van der Waals surface area contributed by atoms with Crippen LogP contribution in [0.1, 0.15) is 23.6 Å². The second kappa shape index (κ2) is 4.52. The van der Waals surface area contributed by atoms with Gasteiger partial charge in [-0.25, -0.2) is 0 Å². The highest BCUT2D eigenvalue weighted by Gasteiger charge is 2.02. The quantitative estimate of drug-likeness (QED) is 0.683. The van der Waals surface area contributed by atoms with Crippen molar-refractivity contribution < 1.29 is 0 Å². The van der Waals surface area contributed by atoms with Gasteiger partial charge in [0, 0.05) is 0 Å². The fraction of sp³-hybridized carbons (Fsp3) is 0.250. The standard InChI is InChI=1S/C16H18/c1-4-14-8-10-15(11-9-14)16-7-5-6-12(2)13(16)3/h5-11H,4H2,1-3H3. The van der Waals surface area contributed by atoms with Gasteiger partial charge in [-0.3, -0.25) is 0 Å². The third-order valence-electron chi connectivity index (χ3n) is 3.28. The van der Waals surface area contributed by atoms with Crippen LogP contribution < -0.4 is 0 Å². The zero-order chi connectivity index (χ0) is 11.5. The average molecular weight is 210 g/mol. The summed E-state index contributed by atoms with van der Waals surface area (Å²) in [6, 6.07) is 15.4. The topological polar surface area (TPSA) is 0 Å². The van der Waals surface area contributed by atoms with Gasteiger partial charge in [0.05, 0.1) is 0 Å². The first-order valence-corrected chi connectivity index (χ1v) is 5.88. The van der Waals surface area contributed by atoms with Crippen LogP contribution in [-0.2, 0) is 6.42 Å². The molecule has 0 nitrogen and oxygen atoms in total. The molecule has 82 valence electrons. The minimum Gasteiger partial charge on any atom is -0.0614 e. The highest BCUT2D eigenvalue weighted by molar-refractivity contribution is 5.68. The average Bonchev–Trinajstić information content (AvgIpc) is 2.33. The molecule has 0 aromatic heterocycles. The molecule has 0 heteroatoms. The molecule has 0 aliphatic heterocycles. The highest BCUT2D eigenvalue weighted by Crippen LogP contribution is 2.25. The van der Waals surface area contributed by atoms with Gasteiger partial charge in [-0.15, -0.1) is 0 Å². The van der Waals surface area contributed by atoms with Crippen LogP contribution in [0.25, 0.3) is 11.1 Å². The fourth-order valence-corrected chi connectivity index (χ4v) is 1.98. The van der Waals surface area contributed by atoms with Crippen molar-refractivity contribution in [3.8, 4) is 11.1 Å². The van der Waals surface area contributed by atoms with E-state index in [1.165, 1.54) is 27.8 Å². The van der Waals surface area contributed by atoms with Crippen molar-refractivity contribution >= 4 is 0 Å². The number of hydrogen-bond acceptors (Lipinski definition) is 0. The Kier molecular flexibility index (Phi) is 3.09. The third kappa shape index (κ3) is 2.01. The van der Waals surface area contributed by atoms with Crippen LogP contribution >= 0.6 is 0 Å². The number of hydrogen-bond donors (Lipinski definition) is 0. The van der Waals surface area contributed by atoms with Crippen molar-refractivity contribution in [1.29, 1.82) is 0 Å². The molecule has 0 saturated heterocycles. The van der Waals surface area contributed by atoms with E-state index in [1.807, 2.05) is 0 Å². The summed E-state index contributed by atoms with van der Waals surface area (Å²) in [5.41, 5.74) is 6.80. The summed E-state index contributed by atoms with van der Waals surface area (Å²) in [6.45, 7) is 6.55. The molecule has 2 aromatic rings. The molecule has 0 N–H and O–H groups in total. The largest absolute Gasteiger partial charge is 0.0614 e. The molecule has 0 unspecified atom stereocenters.